The van der Waals surface area contributed by atoms with E-state index in [4.69, 9.17) is 0 Å². The van der Waals surface area contributed by atoms with Crippen molar-refractivity contribution in [2.75, 3.05) is 0 Å². The maximum Gasteiger partial charge on any atom is 0.184 e. The van der Waals surface area contributed by atoms with E-state index in [2.05, 4.69) is 55.1 Å². The first-order valence-electron chi connectivity index (χ1n) is 9.47. The van der Waals surface area contributed by atoms with E-state index in [-0.39, 0.29) is 18.1 Å². The van der Waals surface area contributed by atoms with Crippen LogP contribution < -0.4 is 0 Å². The number of halogens is 1. The lowest BCUT2D eigenvalue weighted by molar-refractivity contribution is 0.0967. The molecule has 0 saturated heterocycles. The predicted molar refractivity (Wildman–Crippen MR) is 119 cm³/mol. The van der Waals surface area contributed by atoms with Gasteiger partial charge in [0.15, 0.2) is 5.78 Å². The summed E-state index contributed by atoms with van der Waals surface area (Å²) < 4.78 is 4.25. The molecule has 0 bridgehead atoms. The molecule has 30 heavy (non-hydrogen) atoms. The summed E-state index contributed by atoms with van der Waals surface area (Å²) in [5, 5.41) is 20.4. The quantitative estimate of drug-likeness (QED) is 0.382. The van der Waals surface area contributed by atoms with Crippen LogP contribution in [0.15, 0.2) is 77.4 Å². The van der Waals surface area contributed by atoms with Crippen molar-refractivity contribution >= 4 is 43.5 Å². The van der Waals surface area contributed by atoms with Crippen molar-refractivity contribution < 1.29 is 9.90 Å². The Bertz CT molecular complexity index is 1350. The first kappa shape index (κ1) is 18.6. The number of Topliss-reactive ketones (excluding diaryl/α,β-unsaturated/α-hetero) is 1. The number of aromatic hydroxyl groups is 1. The molecule has 0 aliphatic heterocycles. The van der Waals surface area contributed by atoms with Crippen molar-refractivity contribution in [3.63, 3.8) is 0 Å². The minimum absolute atomic E-state index is 0.0807. The third kappa shape index (κ3) is 3.27. The highest BCUT2D eigenvalue weighted by molar-refractivity contribution is 9.10. The fourth-order valence-corrected chi connectivity index (χ4v) is 4.12. The summed E-state index contributed by atoms with van der Waals surface area (Å²) in [6.07, 6.45) is 1.80. The van der Waals surface area contributed by atoms with E-state index >= 15 is 0 Å². The minimum atomic E-state index is -0.107. The van der Waals surface area contributed by atoms with Crippen LogP contribution in [0.3, 0.4) is 0 Å². The molecule has 0 spiro atoms. The van der Waals surface area contributed by atoms with Gasteiger partial charge in [0.1, 0.15) is 18.0 Å². The van der Waals surface area contributed by atoms with Crippen molar-refractivity contribution in [2.45, 2.75) is 13.1 Å². The van der Waals surface area contributed by atoms with Gasteiger partial charge in [0.25, 0.3) is 0 Å². The number of ketones is 1. The average Bonchev–Trinajstić information content (AvgIpc) is 3.33. The second-order valence-electron chi connectivity index (χ2n) is 7.12. The maximum absolute atomic E-state index is 12.6. The Kier molecular flexibility index (Phi) is 4.59. The lowest BCUT2D eigenvalue weighted by atomic mass is 10.1. The van der Waals surface area contributed by atoms with E-state index in [1.165, 1.54) is 16.8 Å². The van der Waals surface area contributed by atoms with Gasteiger partial charge in [0.2, 0.25) is 0 Å². The van der Waals surface area contributed by atoms with Gasteiger partial charge in [-0.3, -0.25) is 4.79 Å². The van der Waals surface area contributed by atoms with E-state index in [0.717, 1.165) is 16.7 Å². The van der Waals surface area contributed by atoms with Crippen LogP contribution in [0.4, 0.5) is 0 Å². The second-order valence-corrected chi connectivity index (χ2v) is 7.97. The van der Waals surface area contributed by atoms with Crippen molar-refractivity contribution in [1.82, 2.24) is 19.6 Å². The zero-order chi connectivity index (χ0) is 20.7. The van der Waals surface area contributed by atoms with Crippen LogP contribution in [-0.2, 0) is 13.1 Å². The van der Waals surface area contributed by atoms with Gasteiger partial charge in [-0.25, -0.2) is 4.68 Å². The highest BCUT2D eigenvalue weighted by Gasteiger charge is 2.13. The van der Waals surface area contributed by atoms with Crippen molar-refractivity contribution in [3.05, 3.63) is 88.7 Å². The van der Waals surface area contributed by atoms with Crippen molar-refractivity contribution in [2.24, 2.45) is 0 Å². The molecule has 2 aromatic heterocycles. The number of fused-ring (bicyclic) bond motifs is 3. The highest BCUT2D eigenvalue weighted by Crippen LogP contribution is 2.29. The monoisotopic (exact) mass is 460 g/mol. The van der Waals surface area contributed by atoms with Crippen LogP contribution >= 0.6 is 15.9 Å². The number of carbonyl (C=O) groups excluding carboxylic acids is 1. The summed E-state index contributed by atoms with van der Waals surface area (Å²) >= 11 is 3.24. The molecule has 3 aromatic carbocycles. The summed E-state index contributed by atoms with van der Waals surface area (Å²) in [4.78, 5) is 12.6. The van der Waals surface area contributed by atoms with Gasteiger partial charge in [-0.15, -0.1) is 5.10 Å². The largest absolute Gasteiger partial charge is 0.507 e. The molecule has 0 unspecified atom stereocenters. The Hall–Kier alpha value is -3.45. The van der Waals surface area contributed by atoms with Crippen LogP contribution in [-0.4, -0.2) is 30.5 Å². The van der Waals surface area contributed by atoms with E-state index in [1.54, 1.807) is 23.0 Å². The number of benzene rings is 3. The van der Waals surface area contributed by atoms with E-state index in [1.807, 2.05) is 24.3 Å². The molecule has 0 radical (unpaired) electrons. The summed E-state index contributed by atoms with van der Waals surface area (Å²) in [5.41, 5.74) is 3.55. The smallest absolute Gasteiger partial charge is 0.184 e. The number of hydrogen-bond acceptors (Lipinski definition) is 4. The van der Waals surface area contributed by atoms with E-state index < -0.39 is 0 Å². The maximum atomic E-state index is 12.6. The third-order valence-electron chi connectivity index (χ3n) is 5.16. The van der Waals surface area contributed by atoms with Crippen LogP contribution in [0.1, 0.15) is 16.1 Å². The molecule has 0 amide bonds. The fourth-order valence-electron chi connectivity index (χ4n) is 3.74. The van der Waals surface area contributed by atoms with Crippen LogP contribution in [0, 0.1) is 0 Å². The Morgan fingerprint density at radius 1 is 0.967 bits per heavy atom. The first-order chi connectivity index (χ1) is 14.6. The molecular formula is C23H17BrN4O2. The first-order valence-corrected chi connectivity index (χ1v) is 10.3. The van der Waals surface area contributed by atoms with Crippen LogP contribution in [0.5, 0.6) is 5.75 Å². The molecule has 0 aliphatic carbocycles. The minimum Gasteiger partial charge on any atom is -0.507 e. The molecule has 148 valence electrons. The second kappa shape index (κ2) is 7.42. The molecule has 1 N–H and O–H groups in total. The van der Waals surface area contributed by atoms with Crippen LogP contribution in [0.2, 0.25) is 0 Å². The number of phenolic OH excluding ortho intramolecular Hbond substituents is 1. The predicted octanol–water partition coefficient (Wildman–Crippen LogP) is 4.79. The molecule has 5 aromatic rings. The Morgan fingerprint density at radius 2 is 1.63 bits per heavy atom. The zero-order valence-corrected chi connectivity index (χ0v) is 17.5. The number of para-hydroxylation sites is 2. The molecule has 7 heteroatoms. The lowest BCUT2D eigenvalue weighted by Gasteiger charge is -2.05. The standard InChI is InChI=1S/C23H17BrN4O2/c24-19-11-15(9-10-22(19)29)23(30)14-27-12-16(25-26-27)13-28-20-7-3-1-5-17(20)18-6-2-4-8-21(18)28/h1-12,29H,13-14H2. The molecule has 0 aliphatic rings. The summed E-state index contributed by atoms with van der Waals surface area (Å²) in [6.45, 7) is 0.643. The van der Waals surface area contributed by atoms with Gasteiger partial charge >= 0.3 is 0 Å². The van der Waals surface area contributed by atoms with Gasteiger partial charge in [-0.1, -0.05) is 41.6 Å². The van der Waals surface area contributed by atoms with Gasteiger partial charge in [0, 0.05) is 27.4 Å². The van der Waals surface area contributed by atoms with Gasteiger partial charge < -0.3 is 9.67 Å². The zero-order valence-electron chi connectivity index (χ0n) is 15.9. The fraction of sp³-hybridized carbons (Fsp3) is 0.0870. The molecule has 6 nitrogen and oxygen atoms in total. The molecular weight excluding hydrogens is 444 g/mol. The number of hydrogen-bond donors (Lipinski definition) is 1. The van der Waals surface area contributed by atoms with Gasteiger partial charge in [-0.2, -0.15) is 0 Å². The summed E-state index contributed by atoms with van der Waals surface area (Å²) in [7, 11) is 0. The summed E-state index contributed by atoms with van der Waals surface area (Å²) in [5.74, 6) is -0.00946. The number of nitrogens with zero attached hydrogens (tertiary/aromatic N) is 4. The van der Waals surface area contributed by atoms with Crippen molar-refractivity contribution in [3.8, 4) is 5.75 Å². The van der Waals surface area contributed by atoms with Gasteiger partial charge in [0.05, 0.1) is 17.2 Å². The molecule has 0 atom stereocenters. The number of carbonyl (C=O) groups is 1. The normalized spacial score (nSPS) is 11.4. The molecule has 0 fully saturated rings. The average molecular weight is 461 g/mol. The third-order valence-corrected chi connectivity index (χ3v) is 5.80. The highest BCUT2D eigenvalue weighted by atomic mass is 79.9. The number of rotatable bonds is 5. The Balaban J connectivity index is 1.42. The number of aromatic nitrogens is 4. The Morgan fingerprint density at radius 3 is 2.30 bits per heavy atom. The molecule has 5 rings (SSSR count). The molecule has 0 saturated carbocycles. The summed E-state index contributed by atoms with van der Waals surface area (Å²) in [6, 6.07) is 21.3. The topological polar surface area (TPSA) is 72.9 Å². The Labute approximate surface area is 180 Å². The SMILES string of the molecule is O=C(Cn1cc(Cn2c3ccccc3c3ccccc32)nn1)c1ccc(O)c(Br)c1. The van der Waals surface area contributed by atoms with E-state index in [0.29, 0.717) is 16.6 Å². The van der Waals surface area contributed by atoms with Gasteiger partial charge in [-0.05, 0) is 46.3 Å². The lowest BCUT2D eigenvalue weighted by Crippen LogP contribution is -2.11. The van der Waals surface area contributed by atoms with Crippen molar-refractivity contribution in [1.29, 1.82) is 0 Å². The molecule has 2 heterocycles. The van der Waals surface area contributed by atoms with Crippen LogP contribution in [0.25, 0.3) is 21.8 Å². The van der Waals surface area contributed by atoms with E-state index in [9.17, 15) is 9.90 Å². The number of phenols is 1.